The molecule has 0 aromatic heterocycles. The highest BCUT2D eigenvalue weighted by molar-refractivity contribution is 5.85. The van der Waals surface area contributed by atoms with Crippen LogP contribution in [0, 0.1) is 0 Å². The molecule has 0 amide bonds. The first-order chi connectivity index (χ1) is 12.7. The maximum absolute atomic E-state index is 13.1. The standard InChI is InChI=1S/C22H29NO3.ClH/c1-4-23(5-2)17-12-18-26-21(24)22(25-3,19-13-8-6-9-14-19)20-15-10-7-11-16-20;/h6-11,13-16H,4-5,12,17-18H2,1-3H3;1H/p-1. The molecule has 0 aliphatic heterocycles. The quantitative estimate of drug-likeness (QED) is 0.445. The molecule has 0 atom stereocenters. The van der Waals surface area contributed by atoms with Crippen LogP contribution in [0.2, 0.25) is 0 Å². The molecule has 0 radical (unpaired) electrons. The topological polar surface area (TPSA) is 38.8 Å². The summed E-state index contributed by atoms with van der Waals surface area (Å²) in [6, 6.07) is 19.0. The van der Waals surface area contributed by atoms with Crippen molar-refractivity contribution in [1.82, 2.24) is 4.90 Å². The van der Waals surface area contributed by atoms with Crippen LogP contribution in [0.25, 0.3) is 0 Å². The molecule has 2 rings (SSSR count). The van der Waals surface area contributed by atoms with E-state index >= 15 is 0 Å². The fourth-order valence-corrected chi connectivity index (χ4v) is 3.16. The van der Waals surface area contributed by atoms with Gasteiger partial charge in [0.05, 0.1) is 6.61 Å². The van der Waals surface area contributed by atoms with Gasteiger partial charge in [-0.15, -0.1) is 0 Å². The SMILES string of the molecule is CCN(CC)CCCOC(=O)C(OC)(c1ccccc1)c1ccccc1.[Cl-]. The first-order valence-electron chi connectivity index (χ1n) is 9.24. The van der Waals surface area contributed by atoms with Crippen molar-refractivity contribution in [2.24, 2.45) is 0 Å². The molecular formula is C22H29ClNO3-. The highest BCUT2D eigenvalue weighted by atomic mass is 35.5. The third-order valence-electron chi connectivity index (χ3n) is 4.70. The van der Waals surface area contributed by atoms with Gasteiger partial charge in [-0.25, -0.2) is 4.79 Å². The number of ether oxygens (including phenoxy) is 2. The van der Waals surface area contributed by atoms with Crippen LogP contribution in [0.4, 0.5) is 0 Å². The zero-order valence-corrected chi connectivity index (χ0v) is 17.1. The highest BCUT2D eigenvalue weighted by Gasteiger charge is 2.44. The second kappa shape index (κ2) is 11.8. The van der Waals surface area contributed by atoms with Crippen molar-refractivity contribution in [1.29, 1.82) is 0 Å². The molecule has 0 aliphatic rings. The van der Waals surface area contributed by atoms with E-state index in [0.29, 0.717) is 6.61 Å². The predicted octanol–water partition coefficient (Wildman–Crippen LogP) is 0.856. The highest BCUT2D eigenvalue weighted by Crippen LogP contribution is 2.34. The molecule has 4 nitrogen and oxygen atoms in total. The van der Waals surface area contributed by atoms with Gasteiger partial charge in [-0.3, -0.25) is 0 Å². The molecular weight excluding hydrogens is 362 g/mol. The number of nitrogens with zero attached hydrogens (tertiary/aromatic N) is 1. The zero-order chi connectivity index (χ0) is 18.8. The molecule has 27 heavy (non-hydrogen) atoms. The lowest BCUT2D eigenvalue weighted by Crippen LogP contribution is -3.00. The van der Waals surface area contributed by atoms with E-state index < -0.39 is 5.60 Å². The second-order valence-electron chi connectivity index (χ2n) is 6.13. The van der Waals surface area contributed by atoms with Crippen LogP contribution < -0.4 is 12.4 Å². The van der Waals surface area contributed by atoms with Gasteiger partial charge in [0.2, 0.25) is 5.60 Å². The van der Waals surface area contributed by atoms with E-state index in [4.69, 9.17) is 9.47 Å². The Labute approximate surface area is 168 Å². The number of carbonyl (C=O) groups is 1. The third kappa shape index (κ3) is 5.55. The first-order valence-corrected chi connectivity index (χ1v) is 9.24. The maximum atomic E-state index is 13.1. The molecule has 0 bridgehead atoms. The van der Waals surface area contributed by atoms with Crippen LogP contribution in [0.3, 0.4) is 0 Å². The number of halogens is 1. The van der Waals surface area contributed by atoms with Crippen LogP contribution in [-0.4, -0.2) is 44.2 Å². The predicted molar refractivity (Wildman–Crippen MR) is 104 cm³/mol. The van der Waals surface area contributed by atoms with Gasteiger partial charge in [-0.2, -0.15) is 0 Å². The third-order valence-corrected chi connectivity index (χ3v) is 4.70. The Morgan fingerprint density at radius 2 is 1.41 bits per heavy atom. The minimum absolute atomic E-state index is 0. The van der Waals surface area contributed by atoms with Crippen molar-refractivity contribution in [3.8, 4) is 0 Å². The Hall–Kier alpha value is -1.88. The molecule has 5 heteroatoms. The Bertz CT molecular complexity index is 620. The molecule has 2 aromatic rings. The van der Waals surface area contributed by atoms with Crippen molar-refractivity contribution in [2.75, 3.05) is 33.4 Å². The van der Waals surface area contributed by atoms with Gasteiger partial charge in [0.15, 0.2) is 0 Å². The minimum atomic E-state index is -1.25. The number of rotatable bonds is 10. The average molecular weight is 391 g/mol. The summed E-state index contributed by atoms with van der Waals surface area (Å²) in [7, 11) is 1.55. The molecule has 2 aromatic carbocycles. The number of esters is 1. The van der Waals surface area contributed by atoms with E-state index in [-0.39, 0.29) is 18.4 Å². The van der Waals surface area contributed by atoms with Crippen molar-refractivity contribution in [2.45, 2.75) is 25.9 Å². The van der Waals surface area contributed by atoms with Gasteiger partial charge in [0, 0.05) is 13.7 Å². The largest absolute Gasteiger partial charge is 1.00 e. The number of methoxy groups -OCH3 is 1. The Balaban J connectivity index is 0.00000364. The van der Waals surface area contributed by atoms with E-state index in [1.54, 1.807) is 7.11 Å². The van der Waals surface area contributed by atoms with Gasteiger partial charge in [0.25, 0.3) is 0 Å². The van der Waals surface area contributed by atoms with Gasteiger partial charge in [-0.05, 0) is 30.6 Å². The first kappa shape index (κ1) is 23.2. The van der Waals surface area contributed by atoms with Gasteiger partial charge in [0.1, 0.15) is 0 Å². The fraction of sp³-hybridized carbons (Fsp3) is 0.409. The lowest BCUT2D eigenvalue weighted by Gasteiger charge is -2.31. The molecule has 0 fully saturated rings. The normalized spacial score (nSPS) is 11.1. The summed E-state index contributed by atoms with van der Waals surface area (Å²) in [4.78, 5) is 15.4. The maximum Gasteiger partial charge on any atom is 0.347 e. The van der Waals surface area contributed by atoms with E-state index in [2.05, 4.69) is 18.7 Å². The average Bonchev–Trinajstić information content (AvgIpc) is 2.71. The van der Waals surface area contributed by atoms with Crippen molar-refractivity contribution in [3.63, 3.8) is 0 Å². The summed E-state index contributed by atoms with van der Waals surface area (Å²) in [6.45, 7) is 7.56. The summed E-state index contributed by atoms with van der Waals surface area (Å²) >= 11 is 0. The molecule has 0 unspecified atom stereocenters. The van der Waals surface area contributed by atoms with Gasteiger partial charge < -0.3 is 26.8 Å². The molecule has 148 valence electrons. The van der Waals surface area contributed by atoms with E-state index in [9.17, 15) is 4.79 Å². The summed E-state index contributed by atoms with van der Waals surface area (Å²) in [5, 5.41) is 0. The van der Waals surface area contributed by atoms with Crippen LogP contribution in [0.5, 0.6) is 0 Å². The summed E-state index contributed by atoms with van der Waals surface area (Å²) in [6.07, 6.45) is 0.802. The lowest BCUT2D eigenvalue weighted by atomic mass is 9.86. The van der Waals surface area contributed by atoms with Gasteiger partial charge in [-0.1, -0.05) is 74.5 Å². The molecule has 0 saturated heterocycles. The Kier molecular flexibility index (Phi) is 10.1. The molecule has 0 spiro atoms. The van der Waals surface area contributed by atoms with Crippen molar-refractivity contribution < 1.29 is 26.7 Å². The fourth-order valence-electron chi connectivity index (χ4n) is 3.16. The molecule has 0 saturated carbocycles. The number of carbonyl (C=O) groups excluding carboxylic acids is 1. The molecule has 0 heterocycles. The lowest BCUT2D eigenvalue weighted by molar-refractivity contribution is -0.165. The van der Waals surface area contributed by atoms with Crippen molar-refractivity contribution >= 4 is 5.97 Å². The van der Waals surface area contributed by atoms with Crippen molar-refractivity contribution in [3.05, 3.63) is 71.8 Å². The zero-order valence-electron chi connectivity index (χ0n) is 16.4. The molecule has 0 N–H and O–H groups in total. The van der Waals surface area contributed by atoms with Crippen LogP contribution >= 0.6 is 0 Å². The second-order valence-corrected chi connectivity index (χ2v) is 6.13. The van der Waals surface area contributed by atoms with Crippen LogP contribution in [-0.2, 0) is 19.9 Å². The molecule has 0 aliphatic carbocycles. The van der Waals surface area contributed by atoms with Gasteiger partial charge >= 0.3 is 5.97 Å². The van der Waals surface area contributed by atoms with E-state index in [0.717, 1.165) is 37.2 Å². The summed E-state index contributed by atoms with van der Waals surface area (Å²) in [5.41, 5.74) is 0.280. The van der Waals surface area contributed by atoms with Crippen LogP contribution in [0.1, 0.15) is 31.4 Å². The summed E-state index contributed by atoms with van der Waals surface area (Å²) in [5.74, 6) is -0.378. The summed E-state index contributed by atoms with van der Waals surface area (Å²) < 4.78 is 11.5. The number of hydrogen-bond donors (Lipinski definition) is 0. The number of hydrogen-bond acceptors (Lipinski definition) is 4. The smallest absolute Gasteiger partial charge is 0.347 e. The monoisotopic (exact) mass is 390 g/mol. The van der Waals surface area contributed by atoms with E-state index in [1.807, 2.05) is 60.7 Å². The minimum Gasteiger partial charge on any atom is -1.00 e. The Morgan fingerprint density at radius 1 is 0.926 bits per heavy atom. The van der Waals surface area contributed by atoms with E-state index in [1.165, 1.54) is 0 Å². The number of benzene rings is 2. The van der Waals surface area contributed by atoms with Crippen LogP contribution in [0.15, 0.2) is 60.7 Å². The Morgan fingerprint density at radius 3 is 1.81 bits per heavy atom.